The normalized spacial score (nSPS) is 31.5. The highest BCUT2D eigenvalue weighted by molar-refractivity contribution is 5.76. The Labute approximate surface area is 67.1 Å². The zero-order chi connectivity index (χ0) is 8.27. The zero-order valence-corrected chi connectivity index (χ0v) is 7.09. The van der Waals surface area contributed by atoms with E-state index in [0.717, 1.165) is 19.4 Å². The maximum absolute atomic E-state index is 11.1. The average molecular weight is 157 g/mol. The molecule has 0 radical (unpaired) electrons. The molecule has 0 saturated carbocycles. The molecule has 3 nitrogen and oxygen atoms in total. The minimum absolute atomic E-state index is 0.0752. The maximum atomic E-state index is 11.1. The fourth-order valence-electron chi connectivity index (χ4n) is 1.49. The van der Waals surface area contributed by atoms with Crippen molar-refractivity contribution in [3.05, 3.63) is 0 Å². The third kappa shape index (κ3) is 1.93. The lowest BCUT2D eigenvalue weighted by Crippen LogP contribution is -2.46. The van der Waals surface area contributed by atoms with Crippen LogP contribution in [0.4, 0.5) is 0 Å². The molecular weight excluding hydrogens is 142 g/mol. The topological polar surface area (TPSA) is 38.3 Å². The van der Waals surface area contributed by atoms with E-state index in [-0.39, 0.29) is 12.0 Å². The molecule has 0 amide bonds. The molecule has 0 bridgehead atoms. The van der Waals surface area contributed by atoms with Gasteiger partial charge in [0.2, 0.25) is 0 Å². The van der Waals surface area contributed by atoms with Gasteiger partial charge in [0.25, 0.3) is 0 Å². The van der Waals surface area contributed by atoms with Gasteiger partial charge >= 0.3 is 5.97 Å². The van der Waals surface area contributed by atoms with Crippen molar-refractivity contribution in [3.63, 3.8) is 0 Å². The van der Waals surface area contributed by atoms with Crippen LogP contribution in [0.5, 0.6) is 0 Å². The number of piperidine rings is 1. The summed E-state index contributed by atoms with van der Waals surface area (Å²) >= 11 is 0. The van der Waals surface area contributed by atoms with Gasteiger partial charge < -0.3 is 10.1 Å². The fraction of sp³-hybridized carbons (Fsp3) is 0.875. The van der Waals surface area contributed by atoms with Crippen molar-refractivity contribution in [2.75, 3.05) is 13.7 Å². The quantitative estimate of drug-likeness (QED) is 0.565. The summed E-state index contributed by atoms with van der Waals surface area (Å²) in [6.07, 6.45) is 2.28. The van der Waals surface area contributed by atoms with E-state index in [9.17, 15) is 4.79 Å². The van der Waals surface area contributed by atoms with E-state index in [0.29, 0.717) is 5.92 Å². The van der Waals surface area contributed by atoms with Gasteiger partial charge in [-0.15, -0.1) is 0 Å². The second-order valence-electron chi connectivity index (χ2n) is 3.07. The van der Waals surface area contributed by atoms with Crippen LogP contribution in [0.3, 0.4) is 0 Å². The minimum Gasteiger partial charge on any atom is -0.468 e. The summed E-state index contributed by atoms with van der Waals surface area (Å²) < 4.78 is 4.66. The van der Waals surface area contributed by atoms with E-state index >= 15 is 0 Å². The predicted molar refractivity (Wildman–Crippen MR) is 42.2 cm³/mol. The lowest BCUT2D eigenvalue weighted by Gasteiger charge is -2.27. The van der Waals surface area contributed by atoms with E-state index in [1.165, 1.54) is 7.11 Å². The molecule has 1 rings (SSSR count). The molecule has 1 fully saturated rings. The summed E-state index contributed by atoms with van der Waals surface area (Å²) in [5.74, 6) is 0.286. The Morgan fingerprint density at radius 2 is 2.36 bits per heavy atom. The van der Waals surface area contributed by atoms with E-state index in [2.05, 4.69) is 17.0 Å². The summed E-state index contributed by atoms with van der Waals surface area (Å²) in [5, 5.41) is 3.14. The van der Waals surface area contributed by atoms with E-state index < -0.39 is 0 Å². The monoisotopic (exact) mass is 157 g/mol. The first kappa shape index (κ1) is 8.53. The summed E-state index contributed by atoms with van der Waals surface area (Å²) in [6.45, 7) is 3.01. The number of hydrogen-bond acceptors (Lipinski definition) is 3. The first-order valence-corrected chi connectivity index (χ1v) is 4.07. The maximum Gasteiger partial charge on any atom is 0.323 e. The SMILES string of the molecule is COC(=O)[C@@H]1NCCC[C@H]1C. The summed E-state index contributed by atoms with van der Waals surface area (Å²) in [7, 11) is 1.44. The molecule has 11 heavy (non-hydrogen) atoms. The Balaban J connectivity index is 2.47. The lowest BCUT2D eigenvalue weighted by atomic mass is 9.93. The molecule has 0 spiro atoms. The number of methoxy groups -OCH3 is 1. The third-order valence-electron chi connectivity index (χ3n) is 2.22. The Kier molecular flexibility index (Phi) is 2.88. The molecule has 1 aliphatic heterocycles. The number of ether oxygens (including phenoxy) is 1. The van der Waals surface area contributed by atoms with Crippen LogP contribution in [0, 0.1) is 5.92 Å². The Bertz CT molecular complexity index is 147. The zero-order valence-electron chi connectivity index (χ0n) is 7.09. The molecule has 0 aliphatic carbocycles. The van der Waals surface area contributed by atoms with Crippen molar-refractivity contribution < 1.29 is 9.53 Å². The van der Waals surface area contributed by atoms with Crippen molar-refractivity contribution in [2.45, 2.75) is 25.8 Å². The number of carbonyl (C=O) groups is 1. The molecule has 0 aromatic heterocycles. The van der Waals surface area contributed by atoms with E-state index in [1.54, 1.807) is 0 Å². The van der Waals surface area contributed by atoms with Crippen molar-refractivity contribution >= 4 is 5.97 Å². The van der Waals surface area contributed by atoms with Crippen molar-refractivity contribution in [1.29, 1.82) is 0 Å². The molecule has 1 N–H and O–H groups in total. The second-order valence-corrected chi connectivity index (χ2v) is 3.07. The Hall–Kier alpha value is -0.570. The number of nitrogens with one attached hydrogen (secondary N) is 1. The van der Waals surface area contributed by atoms with Crippen LogP contribution in [0.15, 0.2) is 0 Å². The van der Waals surface area contributed by atoms with Crippen LogP contribution in [-0.2, 0) is 9.53 Å². The Morgan fingerprint density at radius 3 is 2.91 bits per heavy atom. The standard InChI is InChI=1S/C8H15NO2/c1-6-4-3-5-9-7(6)8(10)11-2/h6-7,9H,3-5H2,1-2H3/t6-,7-/m1/s1. The van der Waals surface area contributed by atoms with Crippen LogP contribution in [0.2, 0.25) is 0 Å². The molecule has 0 aromatic carbocycles. The van der Waals surface area contributed by atoms with Gasteiger partial charge in [0.1, 0.15) is 6.04 Å². The molecule has 1 saturated heterocycles. The van der Waals surface area contributed by atoms with Crippen LogP contribution in [0.25, 0.3) is 0 Å². The predicted octanol–water partition coefficient (Wildman–Crippen LogP) is 0.547. The summed E-state index contributed by atoms with van der Waals surface area (Å²) in [4.78, 5) is 11.1. The van der Waals surface area contributed by atoms with Crippen molar-refractivity contribution in [3.8, 4) is 0 Å². The molecule has 0 unspecified atom stereocenters. The summed E-state index contributed by atoms with van der Waals surface area (Å²) in [5.41, 5.74) is 0. The van der Waals surface area contributed by atoms with Crippen molar-refractivity contribution in [1.82, 2.24) is 5.32 Å². The largest absolute Gasteiger partial charge is 0.468 e. The average Bonchev–Trinajstić information content (AvgIpc) is 2.04. The smallest absolute Gasteiger partial charge is 0.323 e. The van der Waals surface area contributed by atoms with Crippen LogP contribution < -0.4 is 5.32 Å². The molecule has 64 valence electrons. The number of rotatable bonds is 1. The Morgan fingerprint density at radius 1 is 1.64 bits per heavy atom. The lowest BCUT2D eigenvalue weighted by molar-refractivity contribution is -0.145. The van der Waals surface area contributed by atoms with Gasteiger partial charge in [-0.25, -0.2) is 0 Å². The highest BCUT2D eigenvalue weighted by atomic mass is 16.5. The van der Waals surface area contributed by atoms with Gasteiger partial charge in [-0.1, -0.05) is 6.92 Å². The van der Waals surface area contributed by atoms with Gasteiger partial charge in [0.15, 0.2) is 0 Å². The number of esters is 1. The van der Waals surface area contributed by atoms with Crippen LogP contribution in [-0.4, -0.2) is 25.7 Å². The first-order chi connectivity index (χ1) is 5.25. The number of hydrogen-bond donors (Lipinski definition) is 1. The highest BCUT2D eigenvalue weighted by Crippen LogP contribution is 2.15. The van der Waals surface area contributed by atoms with Gasteiger partial charge in [0.05, 0.1) is 7.11 Å². The van der Waals surface area contributed by atoms with Gasteiger partial charge in [-0.05, 0) is 25.3 Å². The van der Waals surface area contributed by atoms with Crippen LogP contribution in [0.1, 0.15) is 19.8 Å². The molecule has 1 heterocycles. The molecule has 0 aromatic rings. The van der Waals surface area contributed by atoms with Gasteiger partial charge in [0, 0.05) is 0 Å². The van der Waals surface area contributed by atoms with Gasteiger partial charge in [-0.2, -0.15) is 0 Å². The fourth-order valence-corrected chi connectivity index (χ4v) is 1.49. The second kappa shape index (κ2) is 3.72. The van der Waals surface area contributed by atoms with Crippen molar-refractivity contribution in [2.24, 2.45) is 5.92 Å². The molecule has 3 heteroatoms. The van der Waals surface area contributed by atoms with Gasteiger partial charge in [-0.3, -0.25) is 4.79 Å². The van der Waals surface area contributed by atoms with Crippen LogP contribution >= 0.6 is 0 Å². The summed E-state index contributed by atoms with van der Waals surface area (Å²) in [6, 6.07) is -0.0752. The van der Waals surface area contributed by atoms with E-state index in [4.69, 9.17) is 0 Å². The highest BCUT2D eigenvalue weighted by Gasteiger charge is 2.27. The molecular formula is C8H15NO2. The number of carbonyl (C=O) groups excluding carboxylic acids is 1. The minimum atomic E-state index is -0.128. The van der Waals surface area contributed by atoms with E-state index in [1.807, 2.05) is 0 Å². The third-order valence-corrected chi connectivity index (χ3v) is 2.22. The molecule has 2 atom stereocenters. The molecule has 1 aliphatic rings. The first-order valence-electron chi connectivity index (χ1n) is 4.07.